The summed E-state index contributed by atoms with van der Waals surface area (Å²) in [4.78, 5) is 20.8. The summed E-state index contributed by atoms with van der Waals surface area (Å²) >= 11 is 0. The lowest BCUT2D eigenvalue weighted by molar-refractivity contribution is 0.103. The Hall–Kier alpha value is -3.13. The molecule has 0 aliphatic carbocycles. The van der Waals surface area contributed by atoms with E-state index in [4.69, 9.17) is 0 Å². The molecule has 1 heterocycles. The SMILES string of the molecule is CS(=O)(=O)c1cccc(C(=O)c2cnc(NCc3ccc(F)cc3)nc2)c1. The van der Waals surface area contributed by atoms with Gasteiger partial charge in [-0.15, -0.1) is 0 Å². The smallest absolute Gasteiger partial charge is 0.222 e. The highest BCUT2D eigenvalue weighted by Gasteiger charge is 2.14. The number of hydrogen-bond acceptors (Lipinski definition) is 6. The topological polar surface area (TPSA) is 89.0 Å². The molecule has 0 spiro atoms. The van der Waals surface area contributed by atoms with Crippen LogP contribution in [0.4, 0.5) is 10.3 Å². The summed E-state index contributed by atoms with van der Waals surface area (Å²) < 4.78 is 36.2. The maximum atomic E-state index is 12.9. The number of nitrogens with one attached hydrogen (secondary N) is 1. The van der Waals surface area contributed by atoms with Gasteiger partial charge < -0.3 is 5.32 Å². The molecule has 1 aromatic heterocycles. The van der Waals surface area contributed by atoms with Crippen LogP contribution in [-0.2, 0) is 16.4 Å². The first-order chi connectivity index (χ1) is 12.8. The zero-order valence-electron chi connectivity index (χ0n) is 14.4. The highest BCUT2D eigenvalue weighted by atomic mass is 32.2. The van der Waals surface area contributed by atoms with E-state index in [1.807, 2.05) is 0 Å². The molecule has 1 N–H and O–H groups in total. The standard InChI is InChI=1S/C19H16FN3O3S/c1-27(25,26)17-4-2-3-14(9-17)18(24)15-11-22-19(23-12-15)21-10-13-5-7-16(20)8-6-13/h2-9,11-12H,10H2,1H3,(H,21,22,23). The van der Waals surface area contributed by atoms with Crippen molar-refractivity contribution in [1.82, 2.24) is 9.97 Å². The van der Waals surface area contributed by atoms with Gasteiger partial charge >= 0.3 is 0 Å². The number of carbonyl (C=O) groups excluding carboxylic acids is 1. The van der Waals surface area contributed by atoms with E-state index in [-0.39, 0.29) is 27.6 Å². The Balaban J connectivity index is 1.71. The molecule has 0 aliphatic rings. The minimum Gasteiger partial charge on any atom is -0.350 e. The first-order valence-corrected chi connectivity index (χ1v) is 9.87. The van der Waals surface area contributed by atoms with Crippen LogP contribution in [0.25, 0.3) is 0 Å². The van der Waals surface area contributed by atoms with E-state index in [0.29, 0.717) is 12.5 Å². The van der Waals surface area contributed by atoms with Gasteiger partial charge in [-0.2, -0.15) is 0 Å². The summed E-state index contributed by atoms with van der Waals surface area (Å²) in [6, 6.07) is 11.8. The van der Waals surface area contributed by atoms with E-state index in [0.717, 1.165) is 11.8 Å². The Morgan fingerprint density at radius 3 is 2.33 bits per heavy atom. The van der Waals surface area contributed by atoms with Gasteiger partial charge in [0.1, 0.15) is 5.82 Å². The Morgan fingerprint density at radius 1 is 1.04 bits per heavy atom. The number of benzene rings is 2. The first-order valence-electron chi connectivity index (χ1n) is 7.98. The van der Waals surface area contributed by atoms with Crippen molar-refractivity contribution in [2.45, 2.75) is 11.4 Å². The number of hydrogen-bond donors (Lipinski definition) is 1. The van der Waals surface area contributed by atoms with Crippen molar-refractivity contribution in [3.8, 4) is 0 Å². The van der Waals surface area contributed by atoms with Gasteiger partial charge in [-0.05, 0) is 29.8 Å². The van der Waals surface area contributed by atoms with E-state index in [1.54, 1.807) is 12.1 Å². The number of anilines is 1. The molecule has 138 valence electrons. The van der Waals surface area contributed by atoms with Crippen LogP contribution in [0.3, 0.4) is 0 Å². The van der Waals surface area contributed by atoms with Crippen LogP contribution >= 0.6 is 0 Å². The number of rotatable bonds is 6. The van der Waals surface area contributed by atoms with Crippen molar-refractivity contribution in [1.29, 1.82) is 0 Å². The van der Waals surface area contributed by atoms with Crippen molar-refractivity contribution in [3.63, 3.8) is 0 Å². The van der Waals surface area contributed by atoms with Gasteiger partial charge in [-0.1, -0.05) is 24.3 Å². The lowest BCUT2D eigenvalue weighted by Crippen LogP contribution is -2.08. The molecule has 8 heteroatoms. The lowest BCUT2D eigenvalue weighted by atomic mass is 10.1. The van der Waals surface area contributed by atoms with Crippen LogP contribution in [0.15, 0.2) is 65.8 Å². The van der Waals surface area contributed by atoms with Gasteiger partial charge in [-0.3, -0.25) is 4.79 Å². The van der Waals surface area contributed by atoms with E-state index in [9.17, 15) is 17.6 Å². The molecule has 6 nitrogen and oxygen atoms in total. The maximum absolute atomic E-state index is 12.9. The van der Waals surface area contributed by atoms with Crippen LogP contribution in [-0.4, -0.2) is 30.4 Å². The average Bonchev–Trinajstić information content (AvgIpc) is 2.67. The molecule has 0 bridgehead atoms. The fourth-order valence-electron chi connectivity index (χ4n) is 2.35. The van der Waals surface area contributed by atoms with Crippen LogP contribution in [0.5, 0.6) is 0 Å². The number of carbonyl (C=O) groups is 1. The number of nitrogens with zero attached hydrogens (tertiary/aromatic N) is 2. The largest absolute Gasteiger partial charge is 0.350 e. The molecule has 0 fully saturated rings. The van der Waals surface area contributed by atoms with Crippen molar-refractivity contribution in [3.05, 3.63) is 83.4 Å². The van der Waals surface area contributed by atoms with E-state index < -0.39 is 9.84 Å². The summed E-state index contributed by atoms with van der Waals surface area (Å²) in [7, 11) is -3.40. The minimum atomic E-state index is -3.40. The Labute approximate surface area is 156 Å². The summed E-state index contributed by atoms with van der Waals surface area (Å²) in [6.45, 7) is 0.407. The Morgan fingerprint density at radius 2 is 1.70 bits per heavy atom. The van der Waals surface area contributed by atoms with Gasteiger partial charge in [0.2, 0.25) is 5.95 Å². The van der Waals surface area contributed by atoms with E-state index in [1.165, 1.54) is 48.8 Å². The van der Waals surface area contributed by atoms with Gasteiger partial charge in [0.15, 0.2) is 15.6 Å². The molecule has 0 saturated heterocycles. The summed E-state index contributed by atoms with van der Waals surface area (Å²) in [5.41, 5.74) is 1.35. The normalized spacial score (nSPS) is 11.2. The second kappa shape index (κ2) is 7.63. The molecule has 0 radical (unpaired) electrons. The van der Waals surface area contributed by atoms with Crippen molar-refractivity contribution >= 4 is 21.6 Å². The lowest BCUT2D eigenvalue weighted by Gasteiger charge is -2.06. The summed E-state index contributed by atoms with van der Waals surface area (Å²) in [6.07, 6.45) is 3.83. The highest BCUT2D eigenvalue weighted by molar-refractivity contribution is 7.90. The number of ketones is 1. The second-order valence-electron chi connectivity index (χ2n) is 5.90. The van der Waals surface area contributed by atoms with E-state index in [2.05, 4.69) is 15.3 Å². The number of aromatic nitrogens is 2. The van der Waals surface area contributed by atoms with Crippen LogP contribution in [0.2, 0.25) is 0 Å². The van der Waals surface area contributed by atoms with Crippen molar-refractivity contribution < 1.29 is 17.6 Å². The van der Waals surface area contributed by atoms with Gasteiger partial charge in [-0.25, -0.2) is 22.8 Å². The molecule has 0 saturated carbocycles. The molecule has 27 heavy (non-hydrogen) atoms. The van der Waals surface area contributed by atoms with E-state index >= 15 is 0 Å². The van der Waals surface area contributed by atoms with Crippen LogP contribution in [0, 0.1) is 5.82 Å². The molecule has 3 aromatic rings. The van der Waals surface area contributed by atoms with Gasteiger partial charge in [0, 0.05) is 30.8 Å². The molecule has 3 rings (SSSR count). The predicted molar refractivity (Wildman–Crippen MR) is 98.7 cm³/mol. The predicted octanol–water partition coefficient (Wildman–Crippen LogP) is 2.86. The van der Waals surface area contributed by atoms with Crippen molar-refractivity contribution in [2.24, 2.45) is 0 Å². The third-order valence-corrected chi connectivity index (χ3v) is 4.91. The zero-order chi connectivity index (χ0) is 19.4. The molecule has 2 aromatic carbocycles. The highest BCUT2D eigenvalue weighted by Crippen LogP contribution is 2.15. The average molecular weight is 385 g/mol. The maximum Gasteiger partial charge on any atom is 0.222 e. The minimum absolute atomic E-state index is 0.0758. The molecule has 0 aliphatic heterocycles. The monoisotopic (exact) mass is 385 g/mol. The molecular formula is C19H16FN3O3S. The second-order valence-corrected chi connectivity index (χ2v) is 7.92. The van der Waals surface area contributed by atoms with Crippen LogP contribution in [0.1, 0.15) is 21.5 Å². The zero-order valence-corrected chi connectivity index (χ0v) is 15.2. The third kappa shape index (κ3) is 4.73. The molecule has 0 amide bonds. The third-order valence-electron chi connectivity index (χ3n) is 3.80. The molecule has 0 unspecified atom stereocenters. The Kier molecular flexibility index (Phi) is 5.27. The summed E-state index contributed by atoms with van der Waals surface area (Å²) in [5, 5.41) is 2.98. The molecular weight excluding hydrogens is 369 g/mol. The number of sulfone groups is 1. The van der Waals surface area contributed by atoms with Crippen LogP contribution < -0.4 is 5.32 Å². The fourth-order valence-corrected chi connectivity index (χ4v) is 3.02. The fraction of sp³-hybridized carbons (Fsp3) is 0.105. The van der Waals surface area contributed by atoms with Gasteiger partial charge in [0.05, 0.1) is 10.5 Å². The quantitative estimate of drug-likeness (QED) is 0.657. The van der Waals surface area contributed by atoms with Crippen molar-refractivity contribution in [2.75, 3.05) is 11.6 Å². The number of halogens is 1. The molecule has 0 atom stereocenters. The Bertz CT molecular complexity index is 1070. The summed E-state index contributed by atoms with van der Waals surface area (Å²) in [5.74, 6) is -0.357. The first kappa shape index (κ1) is 18.7. The van der Waals surface area contributed by atoms with Gasteiger partial charge in [0.25, 0.3) is 0 Å².